The Kier molecular flexibility index (Phi) is 5.40. The Morgan fingerprint density at radius 1 is 1.23 bits per heavy atom. The van der Waals surface area contributed by atoms with Crippen molar-refractivity contribution in [3.63, 3.8) is 0 Å². The van der Waals surface area contributed by atoms with Gasteiger partial charge in [-0.15, -0.1) is 0 Å². The topological polar surface area (TPSA) is 81.6 Å². The second-order valence-corrected chi connectivity index (χ2v) is 7.52. The summed E-state index contributed by atoms with van der Waals surface area (Å²) in [6.07, 6.45) is 2.75. The third kappa shape index (κ3) is 3.73. The molecular formula is C21H11ClF2N4OS. The lowest BCUT2D eigenvalue weighted by molar-refractivity contribution is 0.103. The number of fused-ring (bicyclic) bond motifs is 1. The van der Waals surface area contributed by atoms with E-state index in [9.17, 15) is 9.18 Å². The second-order valence-electron chi connectivity index (χ2n) is 6.21. The Bertz CT molecular complexity index is 1330. The molecule has 2 aromatic carbocycles. The van der Waals surface area contributed by atoms with Gasteiger partial charge < -0.3 is 9.71 Å². The van der Waals surface area contributed by atoms with Gasteiger partial charge in [0.1, 0.15) is 11.5 Å². The molecule has 0 fully saturated rings. The van der Waals surface area contributed by atoms with E-state index in [1.165, 1.54) is 24.5 Å². The zero-order valence-electron chi connectivity index (χ0n) is 15.0. The fourth-order valence-corrected chi connectivity index (χ4v) is 3.76. The van der Waals surface area contributed by atoms with Crippen LogP contribution in [0.4, 0.5) is 14.5 Å². The molecule has 0 aliphatic carbocycles. The molecule has 0 unspecified atom stereocenters. The van der Waals surface area contributed by atoms with E-state index < -0.39 is 23.0 Å². The van der Waals surface area contributed by atoms with Gasteiger partial charge in [-0.3, -0.25) is 4.79 Å². The van der Waals surface area contributed by atoms with Gasteiger partial charge in [-0.25, -0.2) is 13.8 Å². The van der Waals surface area contributed by atoms with Crippen LogP contribution < -0.4 is 4.72 Å². The van der Waals surface area contributed by atoms with E-state index in [4.69, 9.17) is 16.9 Å². The minimum atomic E-state index is -1.02. The number of H-pyrrole nitrogens is 1. The van der Waals surface area contributed by atoms with E-state index in [1.54, 1.807) is 24.3 Å². The minimum absolute atomic E-state index is 0.0596. The van der Waals surface area contributed by atoms with Crippen molar-refractivity contribution in [1.29, 1.82) is 5.26 Å². The SMILES string of the molecule is N#Cc1cccc(SNc2ccc(F)c(C(=O)c3c[nH]c4ncc(Cl)cc34)c2F)c1. The van der Waals surface area contributed by atoms with Crippen LogP contribution in [-0.2, 0) is 0 Å². The number of benzene rings is 2. The summed E-state index contributed by atoms with van der Waals surface area (Å²) in [4.78, 5) is 20.4. The van der Waals surface area contributed by atoms with E-state index in [0.717, 1.165) is 18.0 Å². The molecular weight excluding hydrogens is 430 g/mol. The maximum atomic E-state index is 15.1. The molecule has 0 aliphatic heterocycles. The molecule has 5 nitrogen and oxygen atoms in total. The van der Waals surface area contributed by atoms with Crippen molar-refractivity contribution in [2.45, 2.75) is 4.90 Å². The van der Waals surface area contributed by atoms with Gasteiger partial charge in [-0.2, -0.15) is 5.26 Å². The highest BCUT2D eigenvalue weighted by Gasteiger charge is 2.24. The maximum Gasteiger partial charge on any atom is 0.201 e. The number of nitriles is 1. The number of halogens is 3. The standard InChI is InChI=1S/C21H11ClF2N4OS/c22-12-7-14-15(10-27-21(14)26-9-12)20(29)18-16(23)4-5-17(19(18)24)28-30-13-3-1-2-11(6-13)8-25/h1-7,9-10,28H,(H,26,27). The fraction of sp³-hybridized carbons (Fsp3) is 0. The maximum absolute atomic E-state index is 15.1. The normalized spacial score (nSPS) is 10.7. The van der Waals surface area contributed by atoms with Gasteiger partial charge in [0, 0.05) is 28.2 Å². The minimum Gasteiger partial charge on any atom is -0.345 e. The molecule has 0 bridgehead atoms. The van der Waals surface area contributed by atoms with Crippen molar-refractivity contribution in [3.05, 3.63) is 88.2 Å². The number of pyridine rings is 1. The van der Waals surface area contributed by atoms with Crippen molar-refractivity contribution in [2.24, 2.45) is 0 Å². The summed E-state index contributed by atoms with van der Waals surface area (Å²) < 4.78 is 32.3. The predicted molar refractivity (Wildman–Crippen MR) is 112 cm³/mol. The van der Waals surface area contributed by atoms with Crippen LogP contribution in [0.2, 0.25) is 5.02 Å². The first-order valence-corrected chi connectivity index (χ1v) is 9.75. The van der Waals surface area contributed by atoms with Crippen LogP contribution in [0.5, 0.6) is 0 Å². The molecule has 2 N–H and O–H groups in total. The third-order valence-electron chi connectivity index (χ3n) is 4.30. The molecule has 4 aromatic rings. The van der Waals surface area contributed by atoms with Crippen LogP contribution in [0.25, 0.3) is 11.0 Å². The van der Waals surface area contributed by atoms with Gasteiger partial charge in [-0.05, 0) is 48.3 Å². The number of nitrogens with one attached hydrogen (secondary N) is 2. The Hall–Kier alpha value is -3.41. The first kappa shape index (κ1) is 19.9. The van der Waals surface area contributed by atoms with E-state index in [2.05, 4.69) is 14.7 Å². The number of hydrogen-bond acceptors (Lipinski definition) is 5. The largest absolute Gasteiger partial charge is 0.345 e. The van der Waals surface area contributed by atoms with Crippen LogP contribution >= 0.6 is 23.5 Å². The number of rotatable bonds is 5. The van der Waals surface area contributed by atoms with E-state index in [-0.39, 0.29) is 11.3 Å². The average Bonchev–Trinajstić information content (AvgIpc) is 3.16. The summed E-state index contributed by atoms with van der Waals surface area (Å²) in [6, 6.07) is 12.4. The van der Waals surface area contributed by atoms with Gasteiger partial charge in [0.2, 0.25) is 5.78 Å². The first-order chi connectivity index (χ1) is 14.5. The fourth-order valence-electron chi connectivity index (χ4n) is 2.88. The summed E-state index contributed by atoms with van der Waals surface area (Å²) >= 11 is 6.98. The molecule has 148 valence electrons. The Morgan fingerprint density at radius 3 is 2.87 bits per heavy atom. The van der Waals surface area contributed by atoms with Gasteiger partial charge in [0.25, 0.3) is 0 Å². The molecule has 0 saturated carbocycles. The number of hydrogen-bond donors (Lipinski definition) is 2. The van der Waals surface area contributed by atoms with Crippen molar-refractivity contribution in [1.82, 2.24) is 9.97 Å². The smallest absolute Gasteiger partial charge is 0.201 e. The van der Waals surface area contributed by atoms with Crippen LogP contribution in [-0.4, -0.2) is 15.8 Å². The van der Waals surface area contributed by atoms with Gasteiger partial charge in [0.05, 0.1) is 27.9 Å². The third-order valence-corrected chi connectivity index (χ3v) is 5.32. The molecule has 30 heavy (non-hydrogen) atoms. The lowest BCUT2D eigenvalue weighted by Crippen LogP contribution is -2.09. The molecule has 4 rings (SSSR count). The van der Waals surface area contributed by atoms with Crippen molar-refractivity contribution < 1.29 is 13.6 Å². The number of carbonyl (C=O) groups is 1. The highest BCUT2D eigenvalue weighted by Crippen LogP contribution is 2.30. The summed E-state index contributed by atoms with van der Waals surface area (Å²) in [6.45, 7) is 0. The quantitative estimate of drug-likeness (QED) is 0.306. The Morgan fingerprint density at radius 2 is 2.07 bits per heavy atom. The Labute approximate surface area is 178 Å². The second kappa shape index (κ2) is 8.14. The summed E-state index contributed by atoms with van der Waals surface area (Å²) in [7, 11) is 0. The molecule has 0 amide bonds. The molecule has 2 aromatic heterocycles. The molecule has 2 heterocycles. The number of ketones is 1. The highest BCUT2D eigenvalue weighted by atomic mass is 35.5. The lowest BCUT2D eigenvalue weighted by Gasteiger charge is -2.10. The van der Waals surface area contributed by atoms with E-state index >= 15 is 4.39 Å². The molecule has 0 radical (unpaired) electrons. The number of anilines is 1. The summed E-state index contributed by atoms with van der Waals surface area (Å²) in [5.74, 6) is -2.84. The zero-order chi connectivity index (χ0) is 21.3. The monoisotopic (exact) mass is 440 g/mol. The van der Waals surface area contributed by atoms with Gasteiger partial charge in [0.15, 0.2) is 5.82 Å². The average molecular weight is 441 g/mol. The molecule has 0 aliphatic rings. The van der Waals surface area contributed by atoms with Crippen molar-refractivity contribution in [3.8, 4) is 6.07 Å². The van der Waals surface area contributed by atoms with Crippen LogP contribution in [0, 0.1) is 23.0 Å². The Balaban J connectivity index is 1.67. The van der Waals surface area contributed by atoms with E-state index in [0.29, 0.717) is 26.5 Å². The van der Waals surface area contributed by atoms with Crippen molar-refractivity contribution in [2.75, 3.05) is 4.72 Å². The number of nitrogens with zero attached hydrogens (tertiary/aromatic N) is 2. The molecule has 0 atom stereocenters. The molecule has 9 heteroatoms. The zero-order valence-corrected chi connectivity index (χ0v) is 16.6. The predicted octanol–water partition coefficient (Wildman–Crippen LogP) is 5.72. The van der Waals surface area contributed by atoms with Crippen LogP contribution in [0.1, 0.15) is 21.5 Å². The van der Waals surface area contributed by atoms with Gasteiger partial charge >= 0.3 is 0 Å². The van der Waals surface area contributed by atoms with E-state index in [1.807, 2.05) is 6.07 Å². The summed E-state index contributed by atoms with van der Waals surface area (Å²) in [5.41, 5.74) is 0.134. The lowest BCUT2D eigenvalue weighted by atomic mass is 10.0. The number of aromatic amines is 1. The summed E-state index contributed by atoms with van der Waals surface area (Å²) in [5, 5.41) is 9.63. The highest BCUT2D eigenvalue weighted by molar-refractivity contribution is 8.00. The van der Waals surface area contributed by atoms with Gasteiger partial charge in [-0.1, -0.05) is 17.7 Å². The molecule has 0 saturated heterocycles. The molecule has 0 spiro atoms. The van der Waals surface area contributed by atoms with Crippen LogP contribution in [0.3, 0.4) is 0 Å². The van der Waals surface area contributed by atoms with Crippen LogP contribution in [0.15, 0.2) is 59.8 Å². The first-order valence-electron chi connectivity index (χ1n) is 8.56. The van der Waals surface area contributed by atoms with Crippen molar-refractivity contribution >= 4 is 46.1 Å². The number of carbonyl (C=O) groups excluding carboxylic acids is 1. The number of aromatic nitrogens is 2.